The maximum Gasteiger partial charge on any atom is 0.253 e. The van der Waals surface area contributed by atoms with Crippen molar-refractivity contribution < 1.29 is 9.53 Å². The fourth-order valence-electron chi connectivity index (χ4n) is 4.15. The third kappa shape index (κ3) is 4.06. The molecule has 0 saturated heterocycles. The van der Waals surface area contributed by atoms with Gasteiger partial charge < -0.3 is 14.5 Å². The van der Waals surface area contributed by atoms with Gasteiger partial charge in [-0.2, -0.15) is 0 Å². The monoisotopic (exact) mass is 342 g/mol. The van der Waals surface area contributed by atoms with Crippen LogP contribution in [0.5, 0.6) is 0 Å². The zero-order valence-corrected chi connectivity index (χ0v) is 15.7. The van der Waals surface area contributed by atoms with Gasteiger partial charge in [0.15, 0.2) is 0 Å². The first-order valence-corrected chi connectivity index (χ1v) is 9.46. The highest BCUT2D eigenvalue weighted by molar-refractivity contribution is 6.02. The van der Waals surface area contributed by atoms with Crippen LogP contribution in [-0.2, 0) is 11.2 Å². The number of pyridine rings is 1. The number of hydrogen-bond donors (Lipinski definition) is 1. The molecule has 3 rings (SSSR count). The molecule has 4 nitrogen and oxygen atoms in total. The van der Waals surface area contributed by atoms with Crippen LogP contribution in [0, 0.1) is 18.8 Å². The van der Waals surface area contributed by atoms with E-state index < -0.39 is 0 Å². The zero-order chi connectivity index (χ0) is 17.8. The van der Waals surface area contributed by atoms with Crippen LogP contribution in [-0.4, -0.2) is 30.6 Å². The fourth-order valence-corrected chi connectivity index (χ4v) is 4.15. The van der Waals surface area contributed by atoms with Crippen molar-refractivity contribution in [3.8, 4) is 0 Å². The summed E-state index contributed by atoms with van der Waals surface area (Å²) >= 11 is 0. The van der Waals surface area contributed by atoms with E-state index in [9.17, 15) is 4.79 Å². The molecule has 2 aromatic heterocycles. The zero-order valence-electron chi connectivity index (χ0n) is 15.7. The van der Waals surface area contributed by atoms with E-state index in [2.05, 4.69) is 29.6 Å². The van der Waals surface area contributed by atoms with Gasteiger partial charge >= 0.3 is 0 Å². The molecule has 0 aromatic carbocycles. The molecule has 1 amide bonds. The minimum absolute atomic E-state index is 0.0497. The maximum absolute atomic E-state index is 12.9. The Bertz CT molecular complexity index is 735. The molecule has 1 N–H and O–H groups in total. The lowest BCUT2D eigenvalue weighted by Crippen LogP contribution is -2.31. The van der Waals surface area contributed by atoms with Crippen LogP contribution in [0.4, 0.5) is 0 Å². The van der Waals surface area contributed by atoms with Crippen LogP contribution in [0.2, 0.25) is 0 Å². The first-order chi connectivity index (χ1) is 12.1. The van der Waals surface area contributed by atoms with Gasteiger partial charge in [-0.05, 0) is 49.3 Å². The predicted molar refractivity (Wildman–Crippen MR) is 101 cm³/mol. The Kier molecular flexibility index (Phi) is 5.79. The molecule has 2 heterocycles. The van der Waals surface area contributed by atoms with Crippen molar-refractivity contribution in [1.82, 2.24) is 9.72 Å². The van der Waals surface area contributed by atoms with Gasteiger partial charge in [-0.15, -0.1) is 0 Å². The van der Waals surface area contributed by atoms with E-state index in [0.29, 0.717) is 12.5 Å². The molecule has 4 heteroatoms. The Morgan fingerprint density at radius 2 is 2.24 bits per heavy atom. The van der Waals surface area contributed by atoms with Crippen molar-refractivity contribution >= 4 is 11.4 Å². The highest BCUT2D eigenvalue weighted by atomic mass is 16.5. The van der Waals surface area contributed by atoms with Crippen molar-refractivity contribution in [2.24, 2.45) is 11.8 Å². The fraction of sp³-hybridized carbons (Fsp3) is 0.571. The molecule has 0 aliphatic heterocycles. The molecule has 0 bridgehead atoms. The molecule has 2 aromatic rings. The summed E-state index contributed by atoms with van der Waals surface area (Å²) < 4.78 is 7.35. The van der Waals surface area contributed by atoms with Gasteiger partial charge in [-0.1, -0.05) is 25.8 Å². The van der Waals surface area contributed by atoms with Crippen LogP contribution in [0.15, 0.2) is 24.4 Å². The summed E-state index contributed by atoms with van der Waals surface area (Å²) in [4.78, 5) is 12.9. The van der Waals surface area contributed by atoms with Crippen LogP contribution in [0.25, 0.3) is 5.52 Å². The number of carbonyl (C=O) groups excluding carboxylic acids is 1. The Morgan fingerprint density at radius 1 is 1.40 bits per heavy atom. The van der Waals surface area contributed by atoms with E-state index in [-0.39, 0.29) is 5.91 Å². The normalized spacial score (nSPS) is 20.8. The van der Waals surface area contributed by atoms with Crippen molar-refractivity contribution in [2.75, 3.05) is 20.3 Å². The topological polar surface area (TPSA) is 42.7 Å². The Labute approximate surface area is 150 Å². The first kappa shape index (κ1) is 18.0. The first-order valence-electron chi connectivity index (χ1n) is 9.46. The van der Waals surface area contributed by atoms with Crippen molar-refractivity contribution in [3.05, 3.63) is 41.2 Å². The van der Waals surface area contributed by atoms with Gasteiger partial charge in [0.25, 0.3) is 5.91 Å². The van der Waals surface area contributed by atoms with Gasteiger partial charge in [0.05, 0.1) is 17.7 Å². The molecule has 1 unspecified atom stereocenters. The number of ether oxygens (including phenoxy) is 1. The number of methoxy groups -OCH3 is 1. The van der Waals surface area contributed by atoms with Gasteiger partial charge in [0.1, 0.15) is 0 Å². The van der Waals surface area contributed by atoms with E-state index in [1.54, 1.807) is 7.11 Å². The van der Waals surface area contributed by atoms with Crippen LogP contribution in [0.1, 0.15) is 54.2 Å². The average Bonchev–Trinajstić information content (AvgIpc) is 2.98. The Morgan fingerprint density at radius 3 is 3.00 bits per heavy atom. The number of nitrogens with one attached hydrogen (secondary N) is 1. The lowest BCUT2D eigenvalue weighted by molar-refractivity contribution is 0.0942. The minimum atomic E-state index is 0.0497. The number of aromatic nitrogens is 1. The molecule has 1 saturated carbocycles. The second-order valence-electron chi connectivity index (χ2n) is 7.55. The summed E-state index contributed by atoms with van der Waals surface area (Å²) in [6.07, 6.45) is 7.92. The summed E-state index contributed by atoms with van der Waals surface area (Å²) in [5.74, 6) is 1.46. The van der Waals surface area contributed by atoms with Gasteiger partial charge in [0.2, 0.25) is 0 Å². The number of amides is 1. The third-order valence-corrected chi connectivity index (χ3v) is 5.47. The van der Waals surface area contributed by atoms with Crippen molar-refractivity contribution in [1.29, 1.82) is 0 Å². The summed E-state index contributed by atoms with van der Waals surface area (Å²) in [5.41, 5.74) is 4.05. The second-order valence-corrected chi connectivity index (χ2v) is 7.55. The Balaban J connectivity index is 1.78. The molecule has 1 fully saturated rings. The lowest BCUT2D eigenvalue weighted by atomic mass is 9.82. The van der Waals surface area contributed by atoms with E-state index in [0.717, 1.165) is 41.2 Å². The maximum atomic E-state index is 12.9. The molecule has 0 radical (unpaired) electrons. The van der Waals surface area contributed by atoms with Gasteiger partial charge in [0, 0.05) is 32.0 Å². The number of nitrogens with zero attached hydrogens (tertiary/aromatic N) is 1. The predicted octanol–water partition coefficient (Wildman–Crippen LogP) is 3.99. The van der Waals surface area contributed by atoms with Crippen LogP contribution in [0.3, 0.4) is 0 Å². The molecule has 2 atom stereocenters. The summed E-state index contributed by atoms with van der Waals surface area (Å²) in [7, 11) is 1.71. The second kappa shape index (κ2) is 8.05. The van der Waals surface area contributed by atoms with E-state index in [1.807, 2.05) is 18.3 Å². The third-order valence-electron chi connectivity index (χ3n) is 5.47. The van der Waals surface area contributed by atoms with Crippen molar-refractivity contribution in [3.63, 3.8) is 0 Å². The lowest BCUT2D eigenvalue weighted by Gasteiger charge is -2.26. The molecular weight excluding hydrogens is 312 g/mol. The number of carbonyl (C=O) groups is 1. The number of hydrogen-bond acceptors (Lipinski definition) is 2. The van der Waals surface area contributed by atoms with Gasteiger partial charge in [-0.3, -0.25) is 4.79 Å². The minimum Gasteiger partial charge on any atom is -0.384 e. The number of rotatable bonds is 6. The largest absolute Gasteiger partial charge is 0.384 e. The smallest absolute Gasteiger partial charge is 0.253 e. The Hall–Kier alpha value is -1.81. The number of fused-ring (bicyclic) bond motifs is 1. The molecule has 0 spiro atoms. The molecule has 136 valence electrons. The van der Waals surface area contributed by atoms with E-state index in [4.69, 9.17) is 4.74 Å². The summed E-state index contributed by atoms with van der Waals surface area (Å²) in [6.45, 7) is 5.83. The van der Waals surface area contributed by atoms with Crippen LogP contribution >= 0.6 is 0 Å². The van der Waals surface area contributed by atoms with E-state index in [1.165, 1.54) is 25.7 Å². The quantitative estimate of drug-likeness (QED) is 0.862. The standard InChI is InChI=1S/C21H30N2O2/c1-15-6-4-8-17(12-15)14-22-21(24)19-13-18(9-11-25-3)23-10-5-7-16(2)20(19)23/h5,7,10,13,15,17H,4,6,8-9,11-12,14H2,1-3H3,(H,22,24)/t15-,17?/m1/s1. The molecular formula is C21H30N2O2. The highest BCUT2D eigenvalue weighted by Crippen LogP contribution is 2.28. The molecule has 1 aliphatic carbocycles. The highest BCUT2D eigenvalue weighted by Gasteiger charge is 2.21. The van der Waals surface area contributed by atoms with E-state index >= 15 is 0 Å². The number of aryl methyl sites for hydroxylation is 1. The van der Waals surface area contributed by atoms with Gasteiger partial charge in [-0.25, -0.2) is 0 Å². The SMILES string of the molecule is COCCc1cc(C(=O)NCC2CCC[C@@H](C)C2)c2c(C)cccn12. The average molecular weight is 342 g/mol. The molecule has 1 aliphatic rings. The van der Waals surface area contributed by atoms with Crippen LogP contribution < -0.4 is 5.32 Å². The van der Waals surface area contributed by atoms with Crippen molar-refractivity contribution in [2.45, 2.75) is 46.0 Å². The molecule has 25 heavy (non-hydrogen) atoms. The summed E-state index contributed by atoms with van der Waals surface area (Å²) in [5, 5.41) is 3.19. The summed E-state index contributed by atoms with van der Waals surface area (Å²) in [6, 6.07) is 6.12.